The highest BCUT2D eigenvalue weighted by Gasteiger charge is 2.29. The van der Waals surface area contributed by atoms with Crippen LogP contribution in [0.2, 0.25) is 0 Å². The molecule has 0 unspecified atom stereocenters. The van der Waals surface area contributed by atoms with E-state index in [9.17, 15) is 13.6 Å². The molecule has 0 aliphatic heterocycles. The van der Waals surface area contributed by atoms with Crippen LogP contribution in [0.1, 0.15) is 32.3 Å². The summed E-state index contributed by atoms with van der Waals surface area (Å²) in [5, 5.41) is 8.68. The second-order valence-electron chi connectivity index (χ2n) is 6.91. The summed E-state index contributed by atoms with van der Waals surface area (Å²) in [6, 6.07) is 6.86. The van der Waals surface area contributed by atoms with E-state index in [4.69, 9.17) is 0 Å². The number of carbonyl (C=O) groups excluding carboxylic acids is 1. The van der Waals surface area contributed by atoms with Gasteiger partial charge in [-0.05, 0) is 18.6 Å². The van der Waals surface area contributed by atoms with Gasteiger partial charge in [-0.2, -0.15) is 8.78 Å². The molecule has 0 bridgehead atoms. The first kappa shape index (κ1) is 22.0. The Morgan fingerprint density at radius 2 is 1.87 bits per heavy atom. The topological polar surface area (TPSA) is 105 Å². The lowest BCUT2D eigenvalue weighted by molar-refractivity contribution is -0.114. The Bertz CT molecular complexity index is 1080. The molecular formula is C21H23F2N7O. The molecule has 3 rings (SSSR count). The summed E-state index contributed by atoms with van der Waals surface area (Å²) >= 11 is 0. The van der Waals surface area contributed by atoms with Gasteiger partial charge in [-0.15, -0.1) is 0 Å². The Kier molecular flexibility index (Phi) is 6.38. The van der Waals surface area contributed by atoms with Crippen LogP contribution in [0.5, 0.6) is 0 Å². The fourth-order valence-electron chi connectivity index (χ4n) is 2.79. The molecule has 0 aliphatic rings. The molecule has 0 fully saturated rings. The van der Waals surface area contributed by atoms with Gasteiger partial charge in [-0.25, -0.2) is 15.0 Å². The monoisotopic (exact) mass is 427 g/mol. The number of aromatic nitrogens is 4. The third kappa shape index (κ3) is 5.47. The van der Waals surface area contributed by atoms with Crippen LogP contribution in [0, 0.1) is 0 Å². The van der Waals surface area contributed by atoms with Crippen molar-refractivity contribution in [2.75, 3.05) is 23.0 Å². The summed E-state index contributed by atoms with van der Waals surface area (Å²) in [6.45, 7) is 3.95. The zero-order valence-electron chi connectivity index (χ0n) is 17.6. The van der Waals surface area contributed by atoms with Crippen molar-refractivity contribution in [2.24, 2.45) is 0 Å². The summed E-state index contributed by atoms with van der Waals surface area (Å²) in [6.07, 6.45) is 3.68. The van der Waals surface area contributed by atoms with Crippen LogP contribution in [-0.2, 0) is 17.1 Å². The number of halogens is 2. The summed E-state index contributed by atoms with van der Waals surface area (Å²) in [4.78, 5) is 28.0. The van der Waals surface area contributed by atoms with E-state index >= 15 is 0 Å². The molecule has 0 saturated carbocycles. The van der Waals surface area contributed by atoms with Crippen molar-refractivity contribution >= 4 is 28.9 Å². The SMILES string of the molecule is CCc1cc(Nc2cc(NC(C)=O)ncc2-c2ccc(NC)cn2)nc(C(C)(F)F)n1. The average molecular weight is 427 g/mol. The molecule has 0 radical (unpaired) electrons. The van der Waals surface area contributed by atoms with Crippen molar-refractivity contribution in [3.8, 4) is 11.3 Å². The summed E-state index contributed by atoms with van der Waals surface area (Å²) in [7, 11) is 1.79. The number of alkyl halides is 2. The van der Waals surface area contributed by atoms with Gasteiger partial charge in [0.05, 0.1) is 23.3 Å². The Labute approximate surface area is 178 Å². The molecule has 0 aromatic carbocycles. The first-order valence-electron chi connectivity index (χ1n) is 9.64. The first-order chi connectivity index (χ1) is 14.7. The normalized spacial score (nSPS) is 11.2. The van der Waals surface area contributed by atoms with Gasteiger partial charge < -0.3 is 16.0 Å². The van der Waals surface area contributed by atoms with E-state index in [1.54, 1.807) is 37.6 Å². The molecule has 3 heterocycles. The van der Waals surface area contributed by atoms with Gasteiger partial charge in [0.15, 0.2) is 0 Å². The zero-order chi connectivity index (χ0) is 22.6. The Balaban J connectivity index is 2.08. The third-order valence-corrected chi connectivity index (χ3v) is 4.33. The van der Waals surface area contributed by atoms with E-state index < -0.39 is 11.7 Å². The van der Waals surface area contributed by atoms with Gasteiger partial charge in [0.2, 0.25) is 11.7 Å². The summed E-state index contributed by atoms with van der Waals surface area (Å²) in [5.74, 6) is -3.53. The minimum atomic E-state index is -3.19. The zero-order valence-corrected chi connectivity index (χ0v) is 17.6. The lowest BCUT2D eigenvalue weighted by Crippen LogP contribution is -2.15. The molecule has 0 saturated heterocycles. The predicted molar refractivity (Wildman–Crippen MR) is 116 cm³/mol. The van der Waals surface area contributed by atoms with Crippen molar-refractivity contribution in [2.45, 2.75) is 33.1 Å². The maximum atomic E-state index is 13.9. The molecule has 162 valence electrons. The van der Waals surface area contributed by atoms with E-state index in [1.165, 1.54) is 6.92 Å². The molecular weight excluding hydrogens is 404 g/mol. The highest BCUT2D eigenvalue weighted by atomic mass is 19.3. The predicted octanol–water partition coefficient (Wildman–Crippen LogP) is 4.35. The number of nitrogens with zero attached hydrogens (tertiary/aromatic N) is 4. The quantitative estimate of drug-likeness (QED) is 0.515. The van der Waals surface area contributed by atoms with E-state index in [0.29, 0.717) is 34.9 Å². The number of hydrogen-bond donors (Lipinski definition) is 3. The van der Waals surface area contributed by atoms with Gasteiger partial charge >= 0.3 is 5.92 Å². The van der Waals surface area contributed by atoms with Crippen molar-refractivity contribution in [1.82, 2.24) is 19.9 Å². The minimum Gasteiger partial charge on any atom is -0.387 e. The minimum absolute atomic E-state index is 0.205. The number of aryl methyl sites for hydroxylation is 1. The standard InChI is InChI=1S/C21H23F2N7O/c1-5-13-8-19(30-20(28-13)21(3,22)23)29-17-9-18(27-12(2)31)26-11-15(17)16-7-6-14(24-4)10-25-16/h6-11,24H,5H2,1-4H3,(H2,26,27,28,29,30,31). The number of rotatable bonds is 7. The van der Waals surface area contributed by atoms with Crippen LogP contribution in [-0.4, -0.2) is 32.9 Å². The molecule has 31 heavy (non-hydrogen) atoms. The van der Waals surface area contributed by atoms with E-state index in [1.807, 2.05) is 13.0 Å². The smallest absolute Gasteiger partial charge is 0.303 e. The van der Waals surface area contributed by atoms with Crippen LogP contribution in [0.15, 0.2) is 36.7 Å². The van der Waals surface area contributed by atoms with Crippen LogP contribution < -0.4 is 16.0 Å². The number of pyridine rings is 2. The molecule has 3 N–H and O–H groups in total. The third-order valence-electron chi connectivity index (χ3n) is 4.33. The molecule has 1 amide bonds. The second kappa shape index (κ2) is 8.99. The lowest BCUT2D eigenvalue weighted by atomic mass is 10.1. The number of nitrogens with one attached hydrogen (secondary N) is 3. The largest absolute Gasteiger partial charge is 0.387 e. The van der Waals surface area contributed by atoms with Crippen LogP contribution in [0.4, 0.5) is 31.8 Å². The Morgan fingerprint density at radius 3 is 2.45 bits per heavy atom. The maximum Gasteiger partial charge on any atom is 0.303 e. The summed E-state index contributed by atoms with van der Waals surface area (Å²) < 4.78 is 27.8. The van der Waals surface area contributed by atoms with Gasteiger partial charge in [0.25, 0.3) is 0 Å². The van der Waals surface area contributed by atoms with Crippen LogP contribution in [0.25, 0.3) is 11.3 Å². The Morgan fingerprint density at radius 1 is 1.10 bits per heavy atom. The lowest BCUT2D eigenvalue weighted by Gasteiger charge is -2.16. The number of anilines is 4. The Hall–Kier alpha value is -3.69. The first-order valence-corrected chi connectivity index (χ1v) is 9.64. The second-order valence-corrected chi connectivity index (χ2v) is 6.91. The van der Waals surface area contributed by atoms with E-state index in [2.05, 4.69) is 35.9 Å². The summed E-state index contributed by atoms with van der Waals surface area (Å²) in [5.41, 5.74) is 3.02. The van der Waals surface area contributed by atoms with Gasteiger partial charge in [-0.1, -0.05) is 6.92 Å². The van der Waals surface area contributed by atoms with Crippen LogP contribution in [0.3, 0.4) is 0 Å². The number of amides is 1. The highest BCUT2D eigenvalue weighted by molar-refractivity contribution is 5.89. The van der Waals surface area contributed by atoms with Crippen molar-refractivity contribution in [1.29, 1.82) is 0 Å². The number of hydrogen-bond acceptors (Lipinski definition) is 7. The van der Waals surface area contributed by atoms with Crippen molar-refractivity contribution < 1.29 is 13.6 Å². The molecule has 3 aromatic rings. The molecule has 10 heteroatoms. The molecule has 3 aromatic heterocycles. The van der Waals surface area contributed by atoms with Crippen LogP contribution >= 0.6 is 0 Å². The number of carbonyl (C=O) groups is 1. The maximum absolute atomic E-state index is 13.9. The molecule has 8 nitrogen and oxygen atoms in total. The van der Waals surface area contributed by atoms with Crippen molar-refractivity contribution in [3.63, 3.8) is 0 Å². The van der Waals surface area contributed by atoms with Gasteiger partial charge in [0, 0.05) is 50.5 Å². The van der Waals surface area contributed by atoms with Crippen molar-refractivity contribution in [3.05, 3.63) is 48.2 Å². The fraction of sp³-hybridized carbons (Fsp3) is 0.286. The van der Waals surface area contributed by atoms with Gasteiger partial charge in [0.1, 0.15) is 11.6 Å². The van der Waals surface area contributed by atoms with E-state index in [0.717, 1.165) is 12.6 Å². The average Bonchev–Trinajstić information content (AvgIpc) is 2.73. The molecule has 0 aliphatic carbocycles. The molecule has 0 spiro atoms. The van der Waals surface area contributed by atoms with Gasteiger partial charge in [-0.3, -0.25) is 9.78 Å². The van der Waals surface area contributed by atoms with E-state index in [-0.39, 0.29) is 11.7 Å². The highest BCUT2D eigenvalue weighted by Crippen LogP contribution is 2.32. The molecule has 0 atom stereocenters. The fourth-order valence-corrected chi connectivity index (χ4v) is 2.79.